The molecule has 0 saturated carbocycles. The number of carbonyl (C=O) groups excluding carboxylic acids is 1. The van der Waals surface area contributed by atoms with Gasteiger partial charge in [0.25, 0.3) is 5.91 Å². The molecule has 0 spiro atoms. The number of rotatable bonds is 2. The largest absolute Gasteiger partial charge is 0.463 e. The van der Waals surface area contributed by atoms with Gasteiger partial charge in [-0.25, -0.2) is 0 Å². The lowest BCUT2D eigenvalue weighted by Gasteiger charge is -2.15. The van der Waals surface area contributed by atoms with Crippen molar-refractivity contribution in [2.45, 2.75) is 6.42 Å². The Labute approximate surface area is 105 Å². The SMILES string of the molecule is O=C(c1coc2ccccc12)N1CCC(CO)C1. The maximum Gasteiger partial charge on any atom is 0.257 e. The van der Waals surface area contributed by atoms with Crippen LogP contribution >= 0.6 is 0 Å². The number of para-hydroxylation sites is 1. The summed E-state index contributed by atoms with van der Waals surface area (Å²) in [4.78, 5) is 14.2. The minimum atomic E-state index is -0.00380. The van der Waals surface area contributed by atoms with Crippen molar-refractivity contribution in [2.75, 3.05) is 19.7 Å². The van der Waals surface area contributed by atoms with E-state index in [1.165, 1.54) is 6.26 Å². The molecule has 2 heterocycles. The molecule has 1 atom stereocenters. The smallest absolute Gasteiger partial charge is 0.257 e. The molecule has 1 N–H and O–H groups in total. The van der Waals surface area contributed by atoms with Crippen LogP contribution in [-0.4, -0.2) is 35.6 Å². The van der Waals surface area contributed by atoms with Gasteiger partial charge in [0.2, 0.25) is 0 Å². The highest BCUT2D eigenvalue weighted by molar-refractivity contribution is 6.05. The second-order valence-electron chi connectivity index (χ2n) is 4.73. The first-order chi connectivity index (χ1) is 8.79. The fourth-order valence-corrected chi connectivity index (χ4v) is 2.48. The number of benzene rings is 1. The molecule has 4 nitrogen and oxygen atoms in total. The topological polar surface area (TPSA) is 53.7 Å². The molecule has 4 heteroatoms. The van der Waals surface area contributed by atoms with Crippen LogP contribution in [0.4, 0.5) is 0 Å². The molecule has 0 radical (unpaired) electrons. The van der Waals surface area contributed by atoms with Gasteiger partial charge in [-0.1, -0.05) is 18.2 Å². The maximum absolute atomic E-state index is 12.4. The molecule has 1 amide bonds. The third-order valence-corrected chi connectivity index (χ3v) is 3.54. The Balaban J connectivity index is 1.89. The first-order valence-corrected chi connectivity index (χ1v) is 6.16. The quantitative estimate of drug-likeness (QED) is 0.879. The molecule has 1 aromatic heterocycles. The number of carbonyl (C=O) groups is 1. The number of amides is 1. The van der Waals surface area contributed by atoms with Crippen molar-refractivity contribution in [3.63, 3.8) is 0 Å². The van der Waals surface area contributed by atoms with Crippen molar-refractivity contribution >= 4 is 16.9 Å². The fourth-order valence-electron chi connectivity index (χ4n) is 2.48. The molecule has 1 aromatic carbocycles. The molecular formula is C14H15NO3. The minimum absolute atomic E-state index is 0.00380. The Bertz CT molecular complexity index is 575. The van der Waals surface area contributed by atoms with E-state index in [0.717, 1.165) is 17.4 Å². The molecule has 94 valence electrons. The summed E-state index contributed by atoms with van der Waals surface area (Å²) in [5, 5.41) is 9.97. The highest BCUT2D eigenvalue weighted by Gasteiger charge is 2.28. The summed E-state index contributed by atoms with van der Waals surface area (Å²) in [5.74, 6) is 0.211. The van der Waals surface area contributed by atoms with Gasteiger partial charge in [-0.15, -0.1) is 0 Å². The Hall–Kier alpha value is -1.81. The Morgan fingerprint density at radius 3 is 3.06 bits per heavy atom. The molecule has 1 saturated heterocycles. The molecule has 0 bridgehead atoms. The van der Waals surface area contributed by atoms with Crippen LogP contribution in [0.1, 0.15) is 16.8 Å². The normalized spacial score (nSPS) is 19.6. The van der Waals surface area contributed by atoms with E-state index in [4.69, 9.17) is 9.52 Å². The third-order valence-electron chi connectivity index (χ3n) is 3.54. The van der Waals surface area contributed by atoms with Crippen LogP contribution in [0, 0.1) is 5.92 Å². The summed E-state index contributed by atoms with van der Waals surface area (Å²) in [6.07, 6.45) is 2.40. The van der Waals surface area contributed by atoms with Crippen molar-refractivity contribution in [2.24, 2.45) is 5.92 Å². The van der Waals surface area contributed by atoms with E-state index in [1.807, 2.05) is 24.3 Å². The predicted octanol–water partition coefficient (Wildman–Crippen LogP) is 1.89. The van der Waals surface area contributed by atoms with E-state index in [2.05, 4.69) is 0 Å². The standard InChI is InChI=1S/C14H15NO3/c16-8-10-5-6-15(7-10)14(17)12-9-18-13-4-2-1-3-11(12)13/h1-4,9-10,16H,5-8H2. The summed E-state index contributed by atoms with van der Waals surface area (Å²) >= 11 is 0. The molecule has 1 fully saturated rings. The van der Waals surface area contributed by atoms with E-state index in [-0.39, 0.29) is 18.4 Å². The third kappa shape index (κ3) is 1.78. The lowest BCUT2D eigenvalue weighted by molar-refractivity contribution is 0.0783. The lowest BCUT2D eigenvalue weighted by Crippen LogP contribution is -2.28. The minimum Gasteiger partial charge on any atom is -0.463 e. The molecule has 1 aliphatic heterocycles. The van der Waals surface area contributed by atoms with Gasteiger partial charge in [0.05, 0.1) is 5.56 Å². The Kier molecular flexibility index (Phi) is 2.80. The van der Waals surface area contributed by atoms with Crippen LogP contribution < -0.4 is 0 Å². The summed E-state index contributed by atoms with van der Waals surface area (Å²) in [5.41, 5.74) is 1.35. The van der Waals surface area contributed by atoms with Crippen LogP contribution in [0.3, 0.4) is 0 Å². The van der Waals surface area contributed by atoms with E-state index in [0.29, 0.717) is 18.7 Å². The van der Waals surface area contributed by atoms with Gasteiger partial charge in [0, 0.05) is 31.0 Å². The van der Waals surface area contributed by atoms with E-state index in [9.17, 15) is 4.79 Å². The second-order valence-corrected chi connectivity index (χ2v) is 4.73. The molecule has 1 unspecified atom stereocenters. The first-order valence-electron chi connectivity index (χ1n) is 6.16. The zero-order valence-electron chi connectivity index (χ0n) is 10.0. The highest BCUT2D eigenvalue weighted by atomic mass is 16.3. The van der Waals surface area contributed by atoms with Crippen LogP contribution in [0.2, 0.25) is 0 Å². The number of hydrogen-bond donors (Lipinski definition) is 1. The molecule has 3 rings (SSSR count). The summed E-state index contributed by atoms with van der Waals surface area (Å²) in [7, 11) is 0. The molecule has 0 aliphatic carbocycles. The van der Waals surface area contributed by atoms with E-state index < -0.39 is 0 Å². The number of furan rings is 1. The summed E-state index contributed by atoms with van der Waals surface area (Å²) < 4.78 is 5.39. The average molecular weight is 245 g/mol. The average Bonchev–Trinajstić information content (AvgIpc) is 3.04. The first kappa shape index (κ1) is 11.3. The molecule has 1 aliphatic rings. The number of fused-ring (bicyclic) bond motifs is 1. The second kappa shape index (κ2) is 4.46. The fraction of sp³-hybridized carbons (Fsp3) is 0.357. The molecule has 2 aromatic rings. The van der Waals surface area contributed by atoms with Gasteiger partial charge >= 0.3 is 0 Å². The number of hydrogen-bond acceptors (Lipinski definition) is 3. The van der Waals surface area contributed by atoms with Gasteiger partial charge in [-0.2, -0.15) is 0 Å². The van der Waals surface area contributed by atoms with Crippen molar-refractivity contribution in [3.8, 4) is 0 Å². The summed E-state index contributed by atoms with van der Waals surface area (Å²) in [6, 6.07) is 7.53. The van der Waals surface area contributed by atoms with Crippen molar-refractivity contribution in [1.82, 2.24) is 4.90 Å². The number of likely N-dealkylation sites (tertiary alicyclic amines) is 1. The van der Waals surface area contributed by atoms with Gasteiger partial charge in [-0.3, -0.25) is 4.79 Å². The van der Waals surface area contributed by atoms with E-state index in [1.54, 1.807) is 4.90 Å². The molecular weight excluding hydrogens is 230 g/mol. The van der Waals surface area contributed by atoms with Crippen LogP contribution in [0.15, 0.2) is 34.9 Å². The summed E-state index contributed by atoms with van der Waals surface area (Å²) in [6.45, 7) is 1.49. The lowest BCUT2D eigenvalue weighted by atomic mass is 10.1. The van der Waals surface area contributed by atoms with Gasteiger partial charge < -0.3 is 14.4 Å². The zero-order chi connectivity index (χ0) is 12.5. The molecule has 18 heavy (non-hydrogen) atoms. The van der Waals surface area contributed by atoms with Crippen molar-refractivity contribution in [3.05, 3.63) is 36.1 Å². The van der Waals surface area contributed by atoms with Gasteiger partial charge in [-0.05, 0) is 12.5 Å². The number of nitrogens with zero attached hydrogens (tertiary/aromatic N) is 1. The number of aliphatic hydroxyl groups excluding tert-OH is 1. The van der Waals surface area contributed by atoms with E-state index >= 15 is 0 Å². The maximum atomic E-state index is 12.4. The van der Waals surface area contributed by atoms with Gasteiger partial charge in [0.1, 0.15) is 11.8 Å². The van der Waals surface area contributed by atoms with Gasteiger partial charge in [0.15, 0.2) is 0 Å². The Morgan fingerprint density at radius 2 is 2.28 bits per heavy atom. The van der Waals surface area contributed by atoms with Crippen LogP contribution in [-0.2, 0) is 0 Å². The van der Waals surface area contributed by atoms with Crippen LogP contribution in [0.5, 0.6) is 0 Å². The monoisotopic (exact) mass is 245 g/mol. The Morgan fingerprint density at radius 1 is 1.44 bits per heavy atom. The van der Waals surface area contributed by atoms with Crippen molar-refractivity contribution < 1.29 is 14.3 Å². The van der Waals surface area contributed by atoms with Crippen LogP contribution in [0.25, 0.3) is 11.0 Å². The highest BCUT2D eigenvalue weighted by Crippen LogP contribution is 2.24. The van der Waals surface area contributed by atoms with Crippen molar-refractivity contribution in [1.29, 1.82) is 0 Å². The number of aliphatic hydroxyl groups is 1. The zero-order valence-corrected chi connectivity index (χ0v) is 10.0. The predicted molar refractivity (Wildman–Crippen MR) is 67.3 cm³/mol.